The van der Waals surface area contributed by atoms with Crippen LogP contribution in [0.2, 0.25) is 0 Å². The van der Waals surface area contributed by atoms with E-state index in [9.17, 15) is 4.79 Å². The fourth-order valence-corrected chi connectivity index (χ4v) is 2.30. The van der Waals surface area contributed by atoms with Crippen molar-refractivity contribution in [3.63, 3.8) is 0 Å². The molecule has 0 aliphatic carbocycles. The molecule has 1 unspecified atom stereocenters. The molecule has 0 saturated carbocycles. The number of esters is 1. The third-order valence-electron chi connectivity index (χ3n) is 3.58. The zero-order chi connectivity index (χ0) is 16.5. The van der Waals surface area contributed by atoms with Gasteiger partial charge in [0.2, 0.25) is 0 Å². The molecule has 0 saturated heterocycles. The molecule has 4 heteroatoms. The van der Waals surface area contributed by atoms with Crippen LogP contribution in [0.3, 0.4) is 0 Å². The summed E-state index contributed by atoms with van der Waals surface area (Å²) >= 11 is 0. The van der Waals surface area contributed by atoms with Gasteiger partial charge >= 0.3 is 5.97 Å². The van der Waals surface area contributed by atoms with E-state index in [0.717, 1.165) is 12.8 Å². The first-order valence-corrected chi connectivity index (χ1v) is 8.03. The molecule has 0 aliphatic rings. The largest absolute Gasteiger partial charge is 0.458 e. The van der Waals surface area contributed by atoms with E-state index in [0.29, 0.717) is 6.61 Å². The third-order valence-corrected chi connectivity index (χ3v) is 3.58. The van der Waals surface area contributed by atoms with Gasteiger partial charge in [0.05, 0.1) is 6.10 Å². The quantitative estimate of drug-likeness (QED) is 0.563. The Hall–Kier alpha value is -1.39. The van der Waals surface area contributed by atoms with E-state index in [4.69, 9.17) is 15.2 Å². The Morgan fingerprint density at radius 3 is 2.32 bits per heavy atom. The van der Waals surface area contributed by atoms with Crippen LogP contribution in [0.5, 0.6) is 0 Å². The van der Waals surface area contributed by atoms with E-state index in [-0.39, 0.29) is 24.1 Å². The lowest BCUT2D eigenvalue weighted by atomic mass is 10.0. The number of hydrogen-bond acceptors (Lipinski definition) is 4. The molecule has 0 heterocycles. The van der Waals surface area contributed by atoms with Crippen molar-refractivity contribution in [2.75, 3.05) is 6.61 Å². The van der Waals surface area contributed by atoms with Crippen molar-refractivity contribution >= 4 is 5.97 Å². The summed E-state index contributed by atoms with van der Waals surface area (Å²) in [5.74, 6) is -0.190. The van der Waals surface area contributed by atoms with Gasteiger partial charge in [0.25, 0.3) is 0 Å². The molecule has 0 aliphatic heterocycles. The van der Waals surface area contributed by atoms with E-state index in [2.05, 4.69) is 12.1 Å². The van der Waals surface area contributed by atoms with Gasteiger partial charge in [-0.3, -0.25) is 4.79 Å². The number of rotatable bonds is 9. The van der Waals surface area contributed by atoms with E-state index < -0.39 is 6.04 Å². The van der Waals surface area contributed by atoms with Crippen LogP contribution in [0, 0.1) is 5.92 Å². The van der Waals surface area contributed by atoms with Crippen molar-refractivity contribution in [3.8, 4) is 0 Å². The topological polar surface area (TPSA) is 61.5 Å². The molecule has 0 aromatic heterocycles. The highest BCUT2D eigenvalue weighted by molar-refractivity contribution is 5.75. The van der Waals surface area contributed by atoms with Gasteiger partial charge in [0.1, 0.15) is 12.1 Å². The van der Waals surface area contributed by atoms with Gasteiger partial charge in [-0.05, 0) is 38.2 Å². The van der Waals surface area contributed by atoms with Gasteiger partial charge in [0, 0.05) is 6.61 Å². The number of carbonyl (C=O) groups excluding carboxylic acids is 1. The molecule has 0 amide bonds. The molecule has 3 atom stereocenters. The van der Waals surface area contributed by atoms with Gasteiger partial charge in [-0.1, -0.05) is 44.2 Å². The van der Waals surface area contributed by atoms with Crippen molar-refractivity contribution in [3.05, 3.63) is 35.9 Å². The first-order valence-electron chi connectivity index (χ1n) is 8.03. The minimum Gasteiger partial charge on any atom is -0.458 e. The summed E-state index contributed by atoms with van der Waals surface area (Å²) in [7, 11) is 0. The second-order valence-electron chi connectivity index (χ2n) is 6.10. The highest BCUT2D eigenvalue weighted by Gasteiger charge is 2.26. The second kappa shape index (κ2) is 9.59. The fraction of sp³-hybridized carbons (Fsp3) is 0.611. The van der Waals surface area contributed by atoms with Gasteiger partial charge in [0.15, 0.2) is 0 Å². The number of nitrogens with two attached hydrogens (primary N) is 1. The molecule has 1 aromatic rings. The zero-order valence-corrected chi connectivity index (χ0v) is 14.1. The summed E-state index contributed by atoms with van der Waals surface area (Å²) in [6.45, 7) is 8.26. The van der Waals surface area contributed by atoms with Crippen LogP contribution in [-0.4, -0.2) is 30.8 Å². The van der Waals surface area contributed by atoms with Crippen molar-refractivity contribution in [2.24, 2.45) is 11.7 Å². The zero-order valence-electron chi connectivity index (χ0n) is 14.1. The number of benzene rings is 1. The summed E-state index contributed by atoms with van der Waals surface area (Å²) < 4.78 is 11.3. The summed E-state index contributed by atoms with van der Waals surface area (Å²) in [6, 6.07) is 9.73. The van der Waals surface area contributed by atoms with E-state index in [1.54, 1.807) is 6.92 Å². The lowest BCUT2D eigenvalue weighted by molar-refractivity contribution is -0.162. The van der Waals surface area contributed by atoms with Crippen LogP contribution >= 0.6 is 0 Å². The van der Waals surface area contributed by atoms with Gasteiger partial charge in [-0.2, -0.15) is 0 Å². The lowest BCUT2D eigenvalue weighted by Crippen LogP contribution is -2.40. The first-order chi connectivity index (χ1) is 10.4. The minimum atomic E-state index is -0.605. The van der Waals surface area contributed by atoms with Crippen molar-refractivity contribution in [2.45, 2.75) is 58.8 Å². The van der Waals surface area contributed by atoms with Gasteiger partial charge < -0.3 is 15.2 Å². The molecule has 22 heavy (non-hydrogen) atoms. The molecule has 0 fully saturated rings. The Balaban J connectivity index is 2.37. The average Bonchev–Trinajstić information content (AvgIpc) is 2.49. The summed E-state index contributed by atoms with van der Waals surface area (Å²) in [6.07, 6.45) is 1.52. The Morgan fingerprint density at radius 1 is 1.14 bits per heavy atom. The van der Waals surface area contributed by atoms with Crippen molar-refractivity contribution in [1.82, 2.24) is 0 Å². The summed E-state index contributed by atoms with van der Waals surface area (Å²) in [4.78, 5) is 11.7. The van der Waals surface area contributed by atoms with Crippen LogP contribution in [-0.2, 0) is 20.7 Å². The molecular formula is C18H29NO3. The Labute approximate surface area is 134 Å². The molecule has 1 aromatic carbocycles. The maximum absolute atomic E-state index is 11.7. The summed E-state index contributed by atoms with van der Waals surface area (Å²) in [5, 5.41) is 0. The normalized spacial score (nSPS) is 15.4. The molecule has 2 N–H and O–H groups in total. The van der Waals surface area contributed by atoms with Crippen LogP contribution in [0.25, 0.3) is 0 Å². The van der Waals surface area contributed by atoms with E-state index >= 15 is 0 Å². The monoisotopic (exact) mass is 307 g/mol. The third kappa shape index (κ3) is 6.58. The standard InChI is InChI=1S/C18H29NO3/c1-13(2)17(22-18(20)14(3)19)15(4)21-12-8-11-16-9-6-5-7-10-16/h5-7,9-10,13-15,17H,8,11-12,19H2,1-4H3/t14-,15-,17?/m0/s1. The maximum Gasteiger partial charge on any atom is 0.322 e. The first kappa shape index (κ1) is 18.7. The maximum atomic E-state index is 11.7. The predicted molar refractivity (Wildman–Crippen MR) is 88.5 cm³/mol. The average molecular weight is 307 g/mol. The van der Waals surface area contributed by atoms with Crippen LogP contribution in [0.15, 0.2) is 30.3 Å². The molecular weight excluding hydrogens is 278 g/mol. The highest BCUT2D eigenvalue weighted by atomic mass is 16.6. The molecule has 0 radical (unpaired) electrons. The van der Waals surface area contributed by atoms with Gasteiger partial charge in [-0.15, -0.1) is 0 Å². The second-order valence-corrected chi connectivity index (χ2v) is 6.10. The molecule has 0 bridgehead atoms. The highest BCUT2D eigenvalue weighted by Crippen LogP contribution is 2.15. The SMILES string of the molecule is CC(C)C(OC(=O)[C@H](C)N)[C@H](C)OCCCc1ccccc1. The number of carbonyl (C=O) groups is 1. The van der Waals surface area contributed by atoms with Gasteiger partial charge in [-0.25, -0.2) is 0 Å². The van der Waals surface area contributed by atoms with E-state index in [1.165, 1.54) is 5.56 Å². The Kier molecular flexibility index (Phi) is 8.13. The van der Waals surface area contributed by atoms with Crippen LogP contribution < -0.4 is 5.73 Å². The molecule has 124 valence electrons. The smallest absolute Gasteiger partial charge is 0.322 e. The predicted octanol–water partition coefficient (Wildman–Crippen LogP) is 2.94. The van der Waals surface area contributed by atoms with Crippen molar-refractivity contribution < 1.29 is 14.3 Å². The Morgan fingerprint density at radius 2 is 1.77 bits per heavy atom. The molecule has 1 rings (SSSR count). The number of aryl methyl sites for hydroxylation is 1. The fourth-order valence-electron chi connectivity index (χ4n) is 2.30. The molecule has 0 spiro atoms. The number of ether oxygens (including phenoxy) is 2. The van der Waals surface area contributed by atoms with Crippen LogP contribution in [0.1, 0.15) is 39.7 Å². The van der Waals surface area contributed by atoms with Crippen molar-refractivity contribution in [1.29, 1.82) is 0 Å². The molecule has 4 nitrogen and oxygen atoms in total. The Bertz CT molecular complexity index is 431. The van der Waals surface area contributed by atoms with Crippen LogP contribution in [0.4, 0.5) is 0 Å². The number of hydrogen-bond donors (Lipinski definition) is 1. The summed E-state index contributed by atoms with van der Waals surface area (Å²) in [5.41, 5.74) is 6.86. The lowest BCUT2D eigenvalue weighted by Gasteiger charge is -2.28. The van der Waals surface area contributed by atoms with E-state index in [1.807, 2.05) is 39.0 Å². The minimum absolute atomic E-state index is 0.140.